The summed E-state index contributed by atoms with van der Waals surface area (Å²) in [6.07, 6.45) is 1.61. The molecule has 0 aliphatic heterocycles. The number of nitrogens with one attached hydrogen (secondary N) is 2. The summed E-state index contributed by atoms with van der Waals surface area (Å²) in [5.74, 6) is 0.864. The van der Waals surface area contributed by atoms with Crippen molar-refractivity contribution >= 4 is 40.0 Å². The van der Waals surface area contributed by atoms with Crippen molar-refractivity contribution in [3.63, 3.8) is 0 Å². The second-order valence-corrected chi connectivity index (χ2v) is 5.80. The molecule has 0 fully saturated rings. The smallest absolute Gasteiger partial charge is 0.118 e. The van der Waals surface area contributed by atoms with E-state index < -0.39 is 0 Å². The molecule has 0 bridgehead atoms. The van der Waals surface area contributed by atoms with E-state index in [0.717, 1.165) is 45.6 Å². The summed E-state index contributed by atoms with van der Waals surface area (Å²) in [4.78, 5) is 12.1. The first-order chi connectivity index (χ1) is 11.7. The highest BCUT2D eigenvalue weighted by atomic mass is 35.5. The topological polar surface area (TPSA) is 94.3 Å². The SMILES string of the molecule is COc1ccc(CNc2cc(C)[nH]c3ccc4ncnc4c23)cc1.Cl.O. The number of nitrogens with zero attached hydrogens (tertiary/aromatic N) is 2. The van der Waals surface area contributed by atoms with E-state index in [4.69, 9.17) is 4.74 Å². The number of hydrogen-bond acceptors (Lipinski definition) is 4. The zero-order valence-electron chi connectivity index (χ0n) is 14.5. The number of methoxy groups -OCH3 is 1. The fraction of sp³-hybridized carbons (Fsp3) is 0.158. The van der Waals surface area contributed by atoms with Crippen molar-refractivity contribution in [1.82, 2.24) is 15.0 Å². The minimum Gasteiger partial charge on any atom is -0.497 e. The van der Waals surface area contributed by atoms with Gasteiger partial charge in [-0.15, -0.1) is 12.4 Å². The minimum absolute atomic E-state index is 0. The molecule has 2 aromatic carbocycles. The second kappa shape index (κ2) is 8.03. The highest BCUT2D eigenvalue weighted by Crippen LogP contribution is 2.29. The normalized spacial score (nSPS) is 10.2. The van der Waals surface area contributed by atoms with E-state index in [1.54, 1.807) is 13.4 Å². The first kappa shape index (κ1) is 19.5. The number of aromatic amines is 1. The molecule has 2 aromatic heterocycles. The first-order valence-corrected chi connectivity index (χ1v) is 7.84. The van der Waals surface area contributed by atoms with E-state index in [-0.39, 0.29) is 17.9 Å². The van der Waals surface area contributed by atoms with Crippen molar-refractivity contribution in [3.05, 3.63) is 60.0 Å². The van der Waals surface area contributed by atoms with Crippen molar-refractivity contribution in [2.24, 2.45) is 0 Å². The molecular formula is C19H21ClN4O2. The number of aromatic nitrogens is 3. The number of fused-ring (bicyclic) bond motifs is 3. The van der Waals surface area contributed by atoms with Crippen LogP contribution >= 0.6 is 12.4 Å². The van der Waals surface area contributed by atoms with Gasteiger partial charge in [-0.25, -0.2) is 9.97 Å². The van der Waals surface area contributed by atoms with Gasteiger partial charge >= 0.3 is 0 Å². The van der Waals surface area contributed by atoms with Gasteiger partial charge in [-0.1, -0.05) is 12.1 Å². The monoisotopic (exact) mass is 372 g/mol. The maximum atomic E-state index is 5.20. The molecule has 4 aromatic rings. The summed E-state index contributed by atoms with van der Waals surface area (Å²) < 4.78 is 5.20. The number of hydrogen-bond donors (Lipinski definition) is 2. The molecule has 0 radical (unpaired) electrons. The predicted octanol–water partition coefficient (Wildman–Crippen LogP) is 3.64. The van der Waals surface area contributed by atoms with Crippen LogP contribution < -0.4 is 10.1 Å². The number of halogens is 1. The Morgan fingerprint density at radius 2 is 1.85 bits per heavy atom. The van der Waals surface area contributed by atoms with Gasteiger partial charge in [0.1, 0.15) is 17.6 Å². The lowest BCUT2D eigenvalue weighted by Gasteiger charge is -2.12. The summed E-state index contributed by atoms with van der Waals surface area (Å²) in [7, 11) is 1.68. The van der Waals surface area contributed by atoms with Crippen LogP contribution in [-0.2, 0) is 6.54 Å². The summed E-state index contributed by atoms with van der Waals surface area (Å²) in [6, 6.07) is 14.2. The van der Waals surface area contributed by atoms with Gasteiger partial charge in [0.15, 0.2) is 0 Å². The zero-order chi connectivity index (χ0) is 16.5. The maximum absolute atomic E-state index is 5.20. The van der Waals surface area contributed by atoms with Crippen molar-refractivity contribution in [3.8, 4) is 5.75 Å². The number of imidazole rings is 1. The van der Waals surface area contributed by atoms with Gasteiger partial charge in [-0.2, -0.15) is 0 Å². The third-order valence-electron chi connectivity index (χ3n) is 4.14. The molecule has 4 rings (SSSR count). The molecule has 0 aliphatic rings. The summed E-state index contributed by atoms with van der Waals surface area (Å²) >= 11 is 0. The average molecular weight is 373 g/mol. The van der Waals surface area contributed by atoms with Gasteiger partial charge in [0.05, 0.1) is 12.6 Å². The van der Waals surface area contributed by atoms with Gasteiger partial charge in [0.25, 0.3) is 0 Å². The summed E-state index contributed by atoms with van der Waals surface area (Å²) in [6.45, 7) is 2.78. The fourth-order valence-corrected chi connectivity index (χ4v) is 2.96. The Morgan fingerprint density at radius 1 is 1.08 bits per heavy atom. The van der Waals surface area contributed by atoms with E-state index in [1.807, 2.05) is 18.2 Å². The Labute approximate surface area is 157 Å². The van der Waals surface area contributed by atoms with E-state index in [1.165, 1.54) is 5.56 Å². The Hall–Kier alpha value is -2.83. The minimum atomic E-state index is 0. The van der Waals surface area contributed by atoms with Crippen molar-refractivity contribution in [1.29, 1.82) is 0 Å². The number of H-pyrrole nitrogens is 1. The second-order valence-electron chi connectivity index (χ2n) is 5.80. The molecule has 4 N–H and O–H groups in total. The molecule has 2 heterocycles. The van der Waals surface area contributed by atoms with E-state index in [2.05, 4.69) is 51.5 Å². The number of anilines is 1. The molecular weight excluding hydrogens is 352 g/mol. The summed E-state index contributed by atoms with van der Waals surface area (Å²) in [5, 5.41) is 4.61. The van der Waals surface area contributed by atoms with Crippen molar-refractivity contribution in [2.45, 2.75) is 13.5 Å². The van der Waals surface area contributed by atoms with E-state index in [0.29, 0.717) is 0 Å². The van der Waals surface area contributed by atoms with Crippen LogP contribution in [0.5, 0.6) is 5.75 Å². The van der Waals surface area contributed by atoms with Crippen LogP contribution in [0.15, 0.2) is 48.8 Å². The molecule has 0 atom stereocenters. The highest BCUT2D eigenvalue weighted by molar-refractivity contribution is 6.09. The number of ether oxygens (including phenoxy) is 1. The Morgan fingerprint density at radius 3 is 2.58 bits per heavy atom. The molecule has 6 nitrogen and oxygen atoms in total. The molecule has 0 saturated heterocycles. The fourth-order valence-electron chi connectivity index (χ4n) is 2.96. The van der Waals surface area contributed by atoms with Gasteiger partial charge in [-0.05, 0) is 42.8 Å². The van der Waals surface area contributed by atoms with Crippen LogP contribution in [0, 0.1) is 6.92 Å². The third kappa shape index (κ3) is 3.56. The Balaban J connectivity index is 0.00000121. The van der Waals surface area contributed by atoms with Crippen molar-refractivity contribution in [2.75, 3.05) is 12.4 Å². The number of pyridine rings is 1. The molecule has 0 saturated carbocycles. The lowest BCUT2D eigenvalue weighted by atomic mass is 10.1. The lowest BCUT2D eigenvalue weighted by molar-refractivity contribution is 0.414. The van der Waals surface area contributed by atoms with Crippen LogP contribution in [0.4, 0.5) is 5.69 Å². The van der Waals surface area contributed by atoms with E-state index in [9.17, 15) is 0 Å². The molecule has 7 heteroatoms. The number of benzene rings is 2. The largest absolute Gasteiger partial charge is 0.497 e. The van der Waals surface area contributed by atoms with Crippen molar-refractivity contribution < 1.29 is 10.2 Å². The number of aryl methyl sites for hydroxylation is 1. The van der Waals surface area contributed by atoms with Gasteiger partial charge in [0.2, 0.25) is 0 Å². The summed E-state index contributed by atoms with van der Waals surface area (Å²) in [5.41, 5.74) is 6.23. The van der Waals surface area contributed by atoms with Gasteiger partial charge in [-0.3, -0.25) is 0 Å². The quantitative estimate of drug-likeness (QED) is 0.571. The van der Waals surface area contributed by atoms with Crippen LogP contribution in [0.3, 0.4) is 0 Å². The molecule has 0 spiro atoms. The van der Waals surface area contributed by atoms with Gasteiger partial charge in [0, 0.05) is 28.8 Å². The molecule has 0 unspecified atom stereocenters. The van der Waals surface area contributed by atoms with Gasteiger partial charge < -0.3 is 20.5 Å². The zero-order valence-corrected chi connectivity index (χ0v) is 15.4. The highest BCUT2D eigenvalue weighted by Gasteiger charge is 2.10. The van der Waals surface area contributed by atoms with Crippen LogP contribution in [0.1, 0.15) is 11.3 Å². The first-order valence-electron chi connectivity index (χ1n) is 7.84. The van der Waals surface area contributed by atoms with E-state index >= 15 is 0 Å². The molecule has 0 amide bonds. The van der Waals surface area contributed by atoms with Crippen LogP contribution in [0.25, 0.3) is 21.9 Å². The maximum Gasteiger partial charge on any atom is 0.118 e. The average Bonchev–Trinajstić information content (AvgIpc) is 3.08. The standard InChI is InChI=1S/C19H18N4O.ClH.H2O/c1-12-9-17(20-10-13-3-5-14(24-2)6-4-13)18-15(23-12)7-8-16-19(18)22-11-21-16;;/h3-9,11,20,23H,10H2,1-2H3;1H;1H2. The molecule has 0 aliphatic carbocycles. The molecule has 136 valence electrons. The number of rotatable bonds is 4. The molecule has 26 heavy (non-hydrogen) atoms. The third-order valence-corrected chi connectivity index (χ3v) is 4.14. The van der Waals surface area contributed by atoms with Crippen LogP contribution in [0.2, 0.25) is 0 Å². The Bertz CT molecular complexity index is 1020. The predicted molar refractivity (Wildman–Crippen MR) is 107 cm³/mol. The lowest BCUT2D eigenvalue weighted by Crippen LogP contribution is -2.01. The van der Waals surface area contributed by atoms with Crippen LogP contribution in [-0.4, -0.2) is 27.5 Å². The Kier molecular flexibility index (Phi) is 6.02.